The minimum absolute atomic E-state index is 0.0378. The minimum Gasteiger partial charge on any atom is -0.466 e. The lowest BCUT2D eigenvalue weighted by Gasteiger charge is -2.36. The lowest BCUT2D eigenvalue weighted by atomic mass is 9.80. The molecular formula is C23H19BrN4O6. The number of nitriles is 1. The first kappa shape index (κ1) is 24.5. The average Bonchev–Trinajstić information content (AvgIpc) is 2.83. The molecule has 0 saturated heterocycles. The second-order valence-corrected chi connectivity index (χ2v) is 8.04. The van der Waals surface area contributed by atoms with Crippen LogP contribution < -0.4 is 10.6 Å². The second-order valence-electron chi connectivity index (χ2n) is 7.18. The highest BCUT2D eigenvalue weighted by atomic mass is 79.9. The zero-order chi connectivity index (χ0) is 25.2. The van der Waals surface area contributed by atoms with E-state index in [4.69, 9.17) is 15.2 Å². The molecule has 0 amide bonds. The van der Waals surface area contributed by atoms with Gasteiger partial charge in [-0.3, -0.25) is 15.0 Å². The number of carbonyl (C=O) groups excluding carboxylic acids is 2. The standard InChI is InChI=1S/C23H19BrN4O6/c1-12-9-15(24)17(28(31)32)10-16(12)27-20(23(30)34-3)19(22(29)33-2)18(14(11-25)21(27)26)13-7-5-4-6-8-13/h4-10,18H,26H2,1-3H3. The topological polar surface area (TPSA) is 149 Å². The molecule has 2 N–H and O–H groups in total. The Morgan fingerprint density at radius 2 is 1.79 bits per heavy atom. The van der Waals surface area contributed by atoms with Gasteiger partial charge in [-0.15, -0.1) is 0 Å². The largest absolute Gasteiger partial charge is 0.466 e. The molecule has 0 saturated carbocycles. The fourth-order valence-corrected chi connectivity index (χ4v) is 4.40. The summed E-state index contributed by atoms with van der Waals surface area (Å²) in [5.74, 6) is -3.03. The van der Waals surface area contributed by atoms with E-state index in [2.05, 4.69) is 15.9 Å². The van der Waals surface area contributed by atoms with Gasteiger partial charge in [0.25, 0.3) is 5.69 Å². The molecule has 0 fully saturated rings. The SMILES string of the molecule is COC(=O)C1=C(C(=O)OC)N(c2cc([N+](=O)[O-])c(Br)cc2C)C(N)=C(C#N)C1c1ccccc1. The Morgan fingerprint density at radius 1 is 1.18 bits per heavy atom. The summed E-state index contributed by atoms with van der Waals surface area (Å²) in [7, 11) is 2.26. The molecule has 34 heavy (non-hydrogen) atoms. The summed E-state index contributed by atoms with van der Waals surface area (Å²) in [6.45, 7) is 1.64. The third-order valence-electron chi connectivity index (χ3n) is 5.31. The summed E-state index contributed by atoms with van der Waals surface area (Å²) in [4.78, 5) is 38.2. The van der Waals surface area contributed by atoms with Gasteiger partial charge in [-0.05, 0) is 40.0 Å². The van der Waals surface area contributed by atoms with Crippen molar-refractivity contribution in [3.05, 3.63) is 90.8 Å². The van der Waals surface area contributed by atoms with Gasteiger partial charge >= 0.3 is 11.9 Å². The molecule has 0 bridgehead atoms. The Morgan fingerprint density at radius 3 is 2.32 bits per heavy atom. The maximum Gasteiger partial charge on any atom is 0.355 e. The number of aryl methyl sites for hydroxylation is 1. The number of allylic oxidation sites excluding steroid dienone is 1. The molecule has 1 unspecified atom stereocenters. The van der Waals surface area contributed by atoms with Gasteiger partial charge in [0, 0.05) is 6.07 Å². The number of carbonyl (C=O) groups is 2. The molecule has 0 aliphatic carbocycles. The van der Waals surface area contributed by atoms with Gasteiger partial charge in [0.05, 0.1) is 52.4 Å². The molecule has 0 spiro atoms. The van der Waals surface area contributed by atoms with Crippen molar-refractivity contribution in [2.45, 2.75) is 12.8 Å². The molecule has 1 aliphatic rings. The first-order chi connectivity index (χ1) is 16.2. The number of esters is 2. The summed E-state index contributed by atoms with van der Waals surface area (Å²) < 4.78 is 10.1. The van der Waals surface area contributed by atoms with Gasteiger partial charge in [-0.1, -0.05) is 30.3 Å². The average molecular weight is 527 g/mol. The quantitative estimate of drug-likeness (QED) is 0.350. The number of rotatable bonds is 5. The molecule has 174 valence electrons. The van der Waals surface area contributed by atoms with E-state index >= 15 is 0 Å². The van der Waals surface area contributed by atoms with Crippen LogP contribution in [0.1, 0.15) is 17.0 Å². The number of hydrogen-bond donors (Lipinski definition) is 1. The fourth-order valence-electron chi connectivity index (χ4n) is 3.79. The van der Waals surface area contributed by atoms with E-state index in [0.717, 1.165) is 19.1 Å². The van der Waals surface area contributed by atoms with Gasteiger partial charge in [-0.25, -0.2) is 9.59 Å². The van der Waals surface area contributed by atoms with Gasteiger partial charge < -0.3 is 15.2 Å². The van der Waals surface area contributed by atoms with Crippen LogP contribution in [-0.4, -0.2) is 31.1 Å². The van der Waals surface area contributed by atoms with Crippen LogP contribution >= 0.6 is 15.9 Å². The number of hydrogen-bond acceptors (Lipinski definition) is 9. The third kappa shape index (κ3) is 4.11. The highest BCUT2D eigenvalue weighted by molar-refractivity contribution is 9.10. The predicted octanol–water partition coefficient (Wildman–Crippen LogP) is 3.56. The Hall–Kier alpha value is -4.17. The monoisotopic (exact) mass is 526 g/mol. The Labute approximate surface area is 203 Å². The summed E-state index contributed by atoms with van der Waals surface area (Å²) in [6.07, 6.45) is 0. The van der Waals surface area contributed by atoms with Crippen molar-refractivity contribution in [1.29, 1.82) is 5.26 Å². The summed E-state index contributed by atoms with van der Waals surface area (Å²) in [5, 5.41) is 21.6. The number of nitro groups is 1. The maximum atomic E-state index is 13.1. The highest BCUT2D eigenvalue weighted by Gasteiger charge is 2.43. The molecule has 10 nitrogen and oxygen atoms in total. The molecule has 2 aromatic rings. The van der Waals surface area contributed by atoms with E-state index in [1.807, 2.05) is 6.07 Å². The Bertz CT molecular complexity index is 1300. The number of benzene rings is 2. The van der Waals surface area contributed by atoms with Crippen LogP contribution in [0, 0.1) is 28.4 Å². The number of ether oxygens (including phenoxy) is 2. The van der Waals surface area contributed by atoms with E-state index in [1.54, 1.807) is 37.3 Å². The first-order valence-electron chi connectivity index (χ1n) is 9.78. The molecule has 1 heterocycles. The van der Waals surface area contributed by atoms with Crippen LogP contribution in [0.15, 0.2) is 69.6 Å². The molecule has 3 rings (SSSR count). The Balaban J connectivity index is 2.48. The lowest BCUT2D eigenvalue weighted by Crippen LogP contribution is -2.41. The van der Waals surface area contributed by atoms with Crippen molar-refractivity contribution in [3.8, 4) is 6.07 Å². The maximum absolute atomic E-state index is 13.1. The first-order valence-corrected chi connectivity index (χ1v) is 10.6. The highest BCUT2D eigenvalue weighted by Crippen LogP contribution is 2.45. The number of nitro benzene ring substituents is 1. The van der Waals surface area contributed by atoms with E-state index in [9.17, 15) is 25.0 Å². The lowest BCUT2D eigenvalue weighted by molar-refractivity contribution is -0.385. The molecule has 11 heteroatoms. The van der Waals surface area contributed by atoms with Crippen LogP contribution in [-0.2, 0) is 19.1 Å². The van der Waals surface area contributed by atoms with Crippen molar-refractivity contribution in [1.82, 2.24) is 0 Å². The fraction of sp³-hybridized carbons (Fsp3) is 0.174. The summed E-state index contributed by atoms with van der Waals surface area (Å²) in [6, 6.07) is 13.2. The van der Waals surface area contributed by atoms with Crippen LogP contribution in [0.4, 0.5) is 11.4 Å². The van der Waals surface area contributed by atoms with Crippen molar-refractivity contribution >= 4 is 39.2 Å². The molecule has 0 radical (unpaired) electrons. The van der Waals surface area contributed by atoms with Gasteiger partial charge in [0.2, 0.25) is 0 Å². The minimum atomic E-state index is -1.03. The molecule has 1 aliphatic heterocycles. The normalized spacial score (nSPS) is 15.6. The van der Waals surface area contributed by atoms with Gasteiger partial charge in [-0.2, -0.15) is 5.26 Å². The van der Waals surface area contributed by atoms with E-state index in [0.29, 0.717) is 11.1 Å². The third-order valence-corrected chi connectivity index (χ3v) is 5.95. The second kappa shape index (κ2) is 9.76. The van der Waals surface area contributed by atoms with Crippen LogP contribution in [0.2, 0.25) is 0 Å². The van der Waals surface area contributed by atoms with Crippen molar-refractivity contribution in [3.63, 3.8) is 0 Å². The van der Waals surface area contributed by atoms with Gasteiger partial charge in [0.15, 0.2) is 0 Å². The summed E-state index contributed by atoms with van der Waals surface area (Å²) >= 11 is 3.16. The smallest absolute Gasteiger partial charge is 0.355 e. The molecule has 0 aromatic heterocycles. The number of nitrogens with zero attached hydrogens (tertiary/aromatic N) is 3. The van der Waals surface area contributed by atoms with Crippen LogP contribution in [0.3, 0.4) is 0 Å². The number of nitrogens with two attached hydrogens (primary N) is 1. The zero-order valence-electron chi connectivity index (χ0n) is 18.4. The van der Waals surface area contributed by atoms with Crippen molar-refractivity contribution in [2.75, 3.05) is 19.1 Å². The van der Waals surface area contributed by atoms with Crippen LogP contribution in [0.5, 0.6) is 0 Å². The van der Waals surface area contributed by atoms with E-state index < -0.39 is 22.8 Å². The zero-order valence-corrected chi connectivity index (χ0v) is 20.0. The summed E-state index contributed by atoms with van der Waals surface area (Å²) in [5.41, 5.74) is 6.70. The molecule has 1 atom stereocenters. The van der Waals surface area contributed by atoms with E-state index in [1.165, 1.54) is 12.1 Å². The Kier molecular flexibility index (Phi) is 7.03. The van der Waals surface area contributed by atoms with Crippen molar-refractivity contribution in [2.24, 2.45) is 5.73 Å². The number of methoxy groups -OCH3 is 2. The van der Waals surface area contributed by atoms with E-state index in [-0.39, 0.29) is 38.5 Å². The molecular weight excluding hydrogens is 508 g/mol. The molecule has 2 aromatic carbocycles. The number of anilines is 1. The van der Waals surface area contributed by atoms with Crippen molar-refractivity contribution < 1.29 is 24.0 Å². The van der Waals surface area contributed by atoms with Gasteiger partial charge in [0.1, 0.15) is 11.5 Å². The predicted molar refractivity (Wildman–Crippen MR) is 125 cm³/mol. The number of halogens is 1. The van der Waals surface area contributed by atoms with Crippen LogP contribution in [0.25, 0.3) is 0 Å².